The first-order valence-corrected chi connectivity index (χ1v) is 7.48. The fourth-order valence-corrected chi connectivity index (χ4v) is 3.83. The van der Waals surface area contributed by atoms with E-state index in [1.807, 2.05) is 12.3 Å². The van der Waals surface area contributed by atoms with Crippen LogP contribution in [0, 0.1) is 0 Å². The first kappa shape index (κ1) is 11.1. The van der Waals surface area contributed by atoms with Crippen molar-refractivity contribution in [3.63, 3.8) is 0 Å². The van der Waals surface area contributed by atoms with Crippen LogP contribution in [0.2, 0.25) is 0 Å². The number of aromatic nitrogens is 3. The van der Waals surface area contributed by atoms with Gasteiger partial charge >= 0.3 is 0 Å². The lowest BCUT2D eigenvalue weighted by molar-refractivity contribution is 0.752. The van der Waals surface area contributed by atoms with Gasteiger partial charge in [0.05, 0.1) is 10.2 Å². The molecule has 1 N–H and O–H groups in total. The van der Waals surface area contributed by atoms with Crippen molar-refractivity contribution < 1.29 is 0 Å². The summed E-state index contributed by atoms with van der Waals surface area (Å²) in [4.78, 5) is 14.3. The first-order valence-electron chi connectivity index (χ1n) is 6.66. The molecule has 4 rings (SSSR count). The van der Waals surface area contributed by atoms with E-state index >= 15 is 0 Å². The fourth-order valence-electron chi connectivity index (χ4n) is 2.78. The minimum atomic E-state index is 0.566. The molecule has 4 nitrogen and oxygen atoms in total. The molecule has 1 aliphatic rings. The van der Waals surface area contributed by atoms with Crippen LogP contribution in [0.25, 0.3) is 20.4 Å². The molecule has 0 aromatic carbocycles. The number of hydrogen-bond acceptors (Lipinski definition) is 5. The maximum Gasteiger partial charge on any atom is 0.147 e. The normalized spacial score (nSPS) is 16.4. The zero-order valence-corrected chi connectivity index (χ0v) is 11.3. The minimum Gasteiger partial charge on any atom is -0.366 e. The quantitative estimate of drug-likeness (QED) is 0.773. The monoisotopic (exact) mass is 270 g/mol. The summed E-state index contributed by atoms with van der Waals surface area (Å²) in [5.41, 5.74) is 1.02. The zero-order chi connectivity index (χ0) is 12.7. The summed E-state index contributed by atoms with van der Waals surface area (Å²) >= 11 is 1.67. The Morgan fingerprint density at radius 3 is 2.95 bits per heavy atom. The predicted molar refractivity (Wildman–Crippen MR) is 78.6 cm³/mol. The summed E-state index contributed by atoms with van der Waals surface area (Å²) in [5.74, 6) is 0.972. The number of pyridine rings is 1. The first-order chi connectivity index (χ1) is 9.42. The Hall–Kier alpha value is -1.75. The van der Waals surface area contributed by atoms with Crippen molar-refractivity contribution in [2.75, 3.05) is 5.32 Å². The van der Waals surface area contributed by atoms with Crippen molar-refractivity contribution in [2.45, 2.75) is 31.7 Å². The average molecular weight is 270 g/mol. The highest BCUT2D eigenvalue weighted by Crippen LogP contribution is 2.35. The van der Waals surface area contributed by atoms with Gasteiger partial charge in [0.2, 0.25) is 0 Å². The molecule has 0 radical (unpaired) electrons. The van der Waals surface area contributed by atoms with E-state index in [1.54, 1.807) is 17.7 Å². The van der Waals surface area contributed by atoms with Crippen molar-refractivity contribution in [3.8, 4) is 0 Å². The van der Waals surface area contributed by atoms with E-state index in [9.17, 15) is 0 Å². The largest absolute Gasteiger partial charge is 0.366 e. The Kier molecular flexibility index (Phi) is 2.58. The number of fused-ring (bicyclic) bond motifs is 3. The van der Waals surface area contributed by atoms with Gasteiger partial charge in [-0.15, -0.1) is 11.3 Å². The molecule has 0 unspecified atom stereocenters. The van der Waals surface area contributed by atoms with Gasteiger partial charge in [0, 0.05) is 17.6 Å². The van der Waals surface area contributed by atoms with E-state index in [-0.39, 0.29) is 0 Å². The molecule has 3 aromatic heterocycles. The summed E-state index contributed by atoms with van der Waals surface area (Å²) in [6, 6.07) is 4.60. The molecule has 0 amide bonds. The van der Waals surface area contributed by atoms with Gasteiger partial charge in [-0.05, 0) is 25.0 Å². The number of thiophene rings is 1. The zero-order valence-electron chi connectivity index (χ0n) is 10.5. The molecule has 1 fully saturated rings. The van der Waals surface area contributed by atoms with Gasteiger partial charge in [-0.25, -0.2) is 15.0 Å². The standard InChI is InChI=1S/C14H14N4S/c1-2-5-9(4-1)18-13-12-11(16-8-17-13)10-6-3-7-15-14(10)19-12/h3,6-9H,1-2,4-5H2,(H,16,17,18). The topological polar surface area (TPSA) is 50.7 Å². The molecule has 1 saturated carbocycles. The van der Waals surface area contributed by atoms with Gasteiger partial charge in [-0.3, -0.25) is 0 Å². The lowest BCUT2D eigenvalue weighted by Crippen LogP contribution is -2.15. The lowest BCUT2D eigenvalue weighted by atomic mass is 10.2. The number of nitrogens with zero attached hydrogens (tertiary/aromatic N) is 3. The summed E-state index contributed by atoms with van der Waals surface area (Å²) in [6.45, 7) is 0. The lowest BCUT2D eigenvalue weighted by Gasteiger charge is -2.12. The molecule has 5 heteroatoms. The number of nitrogens with one attached hydrogen (secondary N) is 1. The van der Waals surface area contributed by atoms with Crippen molar-refractivity contribution in [2.24, 2.45) is 0 Å². The van der Waals surface area contributed by atoms with Crippen LogP contribution >= 0.6 is 11.3 Å². The third-order valence-electron chi connectivity index (χ3n) is 3.72. The van der Waals surface area contributed by atoms with E-state index in [2.05, 4.69) is 26.3 Å². The molecule has 0 aliphatic heterocycles. The van der Waals surface area contributed by atoms with E-state index in [0.29, 0.717) is 6.04 Å². The highest BCUT2D eigenvalue weighted by molar-refractivity contribution is 7.25. The molecule has 0 bridgehead atoms. The van der Waals surface area contributed by atoms with E-state index < -0.39 is 0 Å². The fraction of sp³-hybridized carbons (Fsp3) is 0.357. The molecule has 96 valence electrons. The second-order valence-corrected chi connectivity index (χ2v) is 5.98. The van der Waals surface area contributed by atoms with E-state index in [0.717, 1.165) is 26.3 Å². The molecule has 0 saturated heterocycles. The molecule has 0 spiro atoms. The maximum absolute atomic E-state index is 4.43. The van der Waals surface area contributed by atoms with Gasteiger partial charge in [0.15, 0.2) is 0 Å². The van der Waals surface area contributed by atoms with Gasteiger partial charge < -0.3 is 5.32 Å². The van der Waals surface area contributed by atoms with Gasteiger partial charge in [-0.2, -0.15) is 0 Å². The number of rotatable bonds is 2. The second-order valence-electron chi connectivity index (χ2n) is 4.98. The van der Waals surface area contributed by atoms with Gasteiger partial charge in [-0.1, -0.05) is 12.8 Å². The maximum atomic E-state index is 4.43. The molecule has 3 heterocycles. The van der Waals surface area contributed by atoms with Crippen LogP contribution in [0.15, 0.2) is 24.7 Å². The van der Waals surface area contributed by atoms with Crippen LogP contribution in [0.4, 0.5) is 5.82 Å². The highest BCUT2D eigenvalue weighted by atomic mass is 32.1. The summed E-state index contributed by atoms with van der Waals surface area (Å²) in [7, 11) is 0. The Morgan fingerprint density at radius 1 is 1.16 bits per heavy atom. The smallest absolute Gasteiger partial charge is 0.147 e. The molecular formula is C14H14N4S. The van der Waals surface area contributed by atoms with Crippen molar-refractivity contribution in [1.82, 2.24) is 15.0 Å². The average Bonchev–Trinajstić information content (AvgIpc) is 3.06. The SMILES string of the molecule is c1cnc2sc3c(NC4CCCC4)ncnc3c2c1. The molecular weight excluding hydrogens is 256 g/mol. The summed E-state index contributed by atoms with van der Waals surface area (Å²) < 4.78 is 1.13. The molecule has 0 atom stereocenters. The van der Waals surface area contributed by atoms with E-state index in [4.69, 9.17) is 0 Å². The van der Waals surface area contributed by atoms with E-state index in [1.165, 1.54) is 25.7 Å². The Morgan fingerprint density at radius 2 is 2.05 bits per heavy atom. The Labute approximate surface area is 114 Å². The highest BCUT2D eigenvalue weighted by Gasteiger charge is 2.18. The van der Waals surface area contributed by atoms with Crippen LogP contribution in [0.5, 0.6) is 0 Å². The molecule has 3 aromatic rings. The van der Waals surface area contributed by atoms with Gasteiger partial charge in [0.1, 0.15) is 17.0 Å². The molecule has 19 heavy (non-hydrogen) atoms. The number of anilines is 1. The third-order valence-corrected chi connectivity index (χ3v) is 4.83. The second kappa shape index (κ2) is 4.42. The predicted octanol–water partition coefficient (Wildman–Crippen LogP) is 3.59. The van der Waals surface area contributed by atoms with Crippen LogP contribution < -0.4 is 5.32 Å². The Balaban J connectivity index is 1.86. The van der Waals surface area contributed by atoms with Crippen molar-refractivity contribution in [3.05, 3.63) is 24.7 Å². The summed E-state index contributed by atoms with van der Waals surface area (Å²) in [5, 5.41) is 4.70. The number of hydrogen-bond donors (Lipinski definition) is 1. The van der Waals surface area contributed by atoms with Crippen LogP contribution in [0.1, 0.15) is 25.7 Å². The van der Waals surface area contributed by atoms with Crippen LogP contribution in [-0.2, 0) is 0 Å². The van der Waals surface area contributed by atoms with Crippen LogP contribution in [0.3, 0.4) is 0 Å². The van der Waals surface area contributed by atoms with Gasteiger partial charge in [0.25, 0.3) is 0 Å². The molecule has 1 aliphatic carbocycles. The third kappa shape index (κ3) is 1.85. The minimum absolute atomic E-state index is 0.566. The van der Waals surface area contributed by atoms with Crippen molar-refractivity contribution >= 4 is 37.6 Å². The van der Waals surface area contributed by atoms with Crippen molar-refractivity contribution in [1.29, 1.82) is 0 Å². The summed E-state index contributed by atoms with van der Waals surface area (Å²) in [6.07, 6.45) is 8.61. The van der Waals surface area contributed by atoms with Crippen LogP contribution in [-0.4, -0.2) is 21.0 Å². The Bertz CT molecular complexity index is 730.